The molecule has 5 fully saturated rings. The van der Waals surface area contributed by atoms with Crippen molar-refractivity contribution < 1.29 is 145 Å². The van der Waals surface area contributed by atoms with Crippen molar-refractivity contribution in [2.45, 2.75) is 263 Å². The predicted octanol–water partition coefficient (Wildman–Crippen LogP) is 6.34. The van der Waals surface area contributed by atoms with E-state index >= 15 is 0 Å². The number of likely N-dealkylation sites (tertiary alicyclic amines) is 2. The number of aliphatic hydroxyl groups excluding tert-OH is 3. The van der Waals surface area contributed by atoms with E-state index in [1.807, 2.05) is 24.0 Å². The van der Waals surface area contributed by atoms with Crippen LogP contribution >= 0.6 is 11.6 Å². The molecule has 142 heavy (non-hydrogen) atoms. The van der Waals surface area contributed by atoms with Crippen LogP contribution in [0.5, 0.6) is 11.5 Å². The SMILES string of the molecule is CCN(C)Cc1cc2cccnc2n1CCC(=O)N1CCC(NCCOCCOCCC(=O)N[C@H](C(=O)C[C@@H](C)C(=O)Nc2ccc(C)cc2O[C@@H]2O[C@H](C(=O)O)[C@@H](O)[C@H](O)[C@H]2O)C(C)C)CC1.CCOC(=O)N1CCC(N(CCOCCOCCC(=O)O)C(=O)CCC(=O)N(C)[C@@H](C)C(=O)O[C@H]2CC(=O)N(C)c3cc(cc(OC)c3Cl)C/C(C)=C/C=C/[C@@H](OC)[C@]3(O)CC(=O)O[C@@H](C3)[C@@H](C)C3O[C@]32C)CC1. The van der Waals surface area contributed by atoms with E-state index in [2.05, 4.69) is 56.5 Å². The fourth-order valence-electron chi connectivity index (χ4n) is 17.9. The van der Waals surface area contributed by atoms with Crippen molar-refractivity contribution in [2.75, 3.05) is 151 Å². The van der Waals surface area contributed by atoms with Crippen LogP contribution in [0, 0.1) is 24.7 Å². The van der Waals surface area contributed by atoms with E-state index in [4.69, 9.17) is 73.5 Å². The molecule has 6 aliphatic rings. The van der Waals surface area contributed by atoms with Gasteiger partial charge in [0.1, 0.15) is 76.0 Å². The predicted molar refractivity (Wildman–Crippen MR) is 519 cm³/mol. The minimum Gasteiger partial charge on any atom is -0.495 e. The quantitative estimate of drug-likeness (QED) is 0.0101. The van der Waals surface area contributed by atoms with Gasteiger partial charge in [0.25, 0.3) is 0 Å². The van der Waals surface area contributed by atoms with Gasteiger partial charge in [0, 0.05) is 153 Å². The Bertz CT molecular complexity index is 4990. The number of esters is 2. The monoisotopic (exact) mass is 2020 g/mol. The van der Waals surface area contributed by atoms with Crippen molar-refractivity contribution in [2.24, 2.45) is 17.8 Å². The van der Waals surface area contributed by atoms with E-state index in [-0.39, 0.29) is 150 Å². The number of epoxide rings is 1. The van der Waals surface area contributed by atoms with Gasteiger partial charge in [-0.3, -0.25) is 43.2 Å². The van der Waals surface area contributed by atoms with Crippen molar-refractivity contribution in [1.82, 2.24) is 44.7 Å². The lowest BCUT2D eigenvalue weighted by atomic mass is 9.78. The summed E-state index contributed by atoms with van der Waals surface area (Å²) < 4.78 is 70.3. The van der Waals surface area contributed by atoms with Crippen molar-refractivity contribution in [3.05, 3.63) is 100 Å². The van der Waals surface area contributed by atoms with Crippen LogP contribution in [-0.2, 0) is 120 Å². The maximum Gasteiger partial charge on any atom is 0.409 e. The maximum absolute atomic E-state index is 14.4. The van der Waals surface area contributed by atoms with Crippen LogP contribution in [0.1, 0.15) is 163 Å². The molecule has 0 saturated carbocycles. The smallest absolute Gasteiger partial charge is 0.409 e. The minimum absolute atomic E-state index is 0.00260. The van der Waals surface area contributed by atoms with Crippen LogP contribution in [0.4, 0.5) is 16.2 Å². The van der Waals surface area contributed by atoms with Gasteiger partial charge in [-0.05, 0) is 140 Å². The number of nitrogens with zero attached hydrogens (tertiary/aromatic N) is 8. The number of anilines is 2. The Morgan fingerprint density at radius 3 is 2.10 bits per heavy atom. The number of carbonyl (C=O) groups excluding carboxylic acids is 10. The number of pyridine rings is 1. The summed E-state index contributed by atoms with van der Waals surface area (Å²) in [5.41, 5.74) is 1.93. The summed E-state index contributed by atoms with van der Waals surface area (Å²) in [5.74, 6) is -7.90. The van der Waals surface area contributed by atoms with Gasteiger partial charge >= 0.3 is 30.0 Å². The fourth-order valence-corrected chi connectivity index (χ4v) is 18.2. The normalized spacial score (nSPS) is 24.2. The number of benzene rings is 2. The molecule has 0 radical (unpaired) electrons. The van der Waals surface area contributed by atoms with Crippen molar-refractivity contribution >= 4 is 105 Å². The Kier molecular flexibility index (Phi) is 44.7. The van der Waals surface area contributed by atoms with Crippen LogP contribution in [0.15, 0.2) is 78.5 Å². The molecule has 2 aromatic heterocycles. The summed E-state index contributed by atoms with van der Waals surface area (Å²) in [5, 5.41) is 71.1. The first-order valence-electron chi connectivity index (χ1n) is 48.8. The number of piperidine rings is 2. The molecule has 42 heteroatoms. The van der Waals surface area contributed by atoms with Crippen LogP contribution in [0.3, 0.4) is 0 Å². The van der Waals surface area contributed by atoms with Crippen molar-refractivity contribution in [1.29, 1.82) is 0 Å². The molecule has 7 amide bonds. The second-order valence-corrected chi connectivity index (χ2v) is 38.0. The van der Waals surface area contributed by atoms with Crippen LogP contribution < -0.4 is 30.3 Å². The number of likely N-dealkylation sites (N-methyl/N-ethyl adjacent to an activating group) is 1. The third-order valence-electron chi connectivity index (χ3n) is 26.8. The highest BCUT2D eigenvalue weighted by Gasteiger charge is 2.65. The number of carboxylic acid groups (broad SMARTS) is 2. The topological polar surface area (TPSA) is 514 Å². The third-order valence-corrected chi connectivity index (χ3v) is 27.1. The Balaban J connectivity index is 0.000000318. The average Bonchev–Trinajstić information content (AvgIpc) is 1.57. The highest BCUT2D eigenvalue weighted by Crippen LogP contribution is 2.50. The largest absolute Gasteiger partial charge is 0.495 e. The summed E-state index contributed by atoms with van der Waals surface area (Å²) >= 11 is 6.83. The van der Waals surface area contributed by atoms with Crippen molar-refractivity contribution in [3.8, 4) is 11.5 Å². The van der Waals surface area contributed by atoms with Gasteiger partial charge in [0.05, 0.1) is 109 Å². The molecule has 15 atom stereocenters. The summed E-state index contributed by atoms with van der Waals surface area (Å²) in [6, 6.07) is 12.4. The van der Waals surface area contributed by atoms with Crippen molar-refractivity contribution in [3.63, 3.8) is 0 Å². The number of aliphatic hydroxyl groups is 4. The third kappa shape index (κ3) is 32.6. The number of aryl methyl sites for hydroxylation is 2. The number of nitrogens with one attached hydrogen (secondary N) is 3. The first-order valence-corrected chi connectivity index (χ1v) is 49.2. The second kappa shape index (κ2) is 55.1. The molecule has 0 aliphatic carbocycles. The summed E-state index contributed by atoms with van der Waals surface area (Å²) in [4.78, 5) is 172. The lowest BCUT2D eigenvalue weighted by Gasteiger charge is -2.41. The average molecular weight is 2020 g/mol. The van der Waals surface area contributed by atoms with E-state index in [1.54, 1.807) is 102 Å². The Hall–Kier alpha value is -10.4. The number of methoxy groups -OCH3 is 2. The summed E-state index contributed by atoms with van der Waals surface area (Å²) in [7, 11) is 7.96. The number of aliphatic carboxylic acids is 2. The lowest BCUT2D eigenvalue weighted by Crippen LogP contribution is -2.61. The highest BCUT2D eigenvalue weighted by atomic mass is 35.5. The van der Waals surface area contributed by atoms with E-state index in [9.17, 15) is 83.1 Å². The molecule has 4 aromatic rings. The van der Waals surface area contributed by atoms with Gasteiger partial charge in [-0.25, -0.2) is 19.4 Å². The lowest BCUT2D eigenvalue weighted by molar-refractivity contribution is -0.271. The minimum atomic E-state index is -1.91. The van der Waals surface area contributed by atoms with Gasteiger partial charge in [0.15, 0.2) is 11.9 Å². The number of allylic oxidation sites excluding steroid dienone is 3. The number of hydrogen-bond acceptors (Lipinski definition) is 31. The van der Waals surface area contributed by atoms with Gasteiger partial charge in [-0.2, -0.15) is 0 Å². The van der Waals surface area contributed by atoms with Gasteiger partial charge < -0.3 is 137 Å². The number of amides is 7. The molecule has 2 aromatic carbocycles. The molecular formula is C100H146ClN11O30. The Labute approximate surface area is 834 Å². The van der Waals surface area contributed by atoms with E-state index < -0.39 is 144 Å². The zero-order chi connectivity index (χ0) is 104. The number of hydrogen-bond donors (Lipinski definition) is 9. The number of ether oxygens (including phenoxy) is 12. The Morgan fingerprint density at radius 2 is 1.44 bits per heavy atom. The molecule has 8 heterocycles. The van der Waals surface area contributed by atoms with Gasteiger partial charge in [-0.15, -0.1) is 0 Å². The molecule has 4 bridgehead atoms. The maximum atomic E-state index is 14.4. The first-order chi connectivity index (χ1) is 67.5. The molecule has 1 unspecified atom stereocenters. The van der Waals surface area contributed by atoms with Gasteiger partial charge in [-0.1, -0.05) is 76.1 Å². The number of carboxylic acids is 2. The number of carbonyl (C=O) groups is 12. The number of ketones is 1. The molecule has 5 saturated heterocycles. The summed E-state index contributed by atoms with van der Waals surface area (Å²) in [6.45, 7) is 24.8. The van der Waals surface area contributed by atoms with E-state index in [1.165, 1.54) is 50.1 Å². The van der Waals surface area contributed by atoms with Crippen LogP contribution in [-0.4, -0.2) is 367 Å². The second-order valence-electron chi connectivity index (χ2n) is 37.7. The zero-order valence-corrected chi connectivity index (χ0v) is 85.0. The molecular weight excluding hydrogens is 1870 g/mol. The highest BCUT2D eigenvalue weighted by molar-refractivity contribution is 6.35. The molecule has 0 spiro atoms. The molecule has 41 nitrogen and oxygen atoms in total. The van der Waals surface area contributed by atoms with E-state index in [0.29, 0.717) is 101 Å². The molecule has 10 rings (SSSR count). The van der Waals surface area contributed by atoms with Crippen LogP contribution in [0.2, 0.25) is 5.02 Å². The Morgan fingerprint density at radius 1 is 0.775 bits per heavy atom. The summed E-state index contributed by atoms with van der Waals surface area (Å²) in [6.07, 6.45) is -4.25. The number of halogens is 1. The molecule has 9 N–H and O–H groups in total. The number of Topliss-reactive ketones (excluding diaryl/α,β-unsaturated/α-hetero) is 1. The molecule has 788 valence electrons. The number of aromatic nitrogens is 2. The standard InChI is InChI=1S/C52H75ClN4O17.C48H71N7O13/c1-10-71-50(65)56-19-16-36(17-20-56)57(21-23-70-25-24-69-22-18-45(61)62)43(59)15-14-42(58)54(6)34(4)49(64)73-41-29-44(60)55(7)37-27-35(28-38(67-8)47(37)53)26-32(2)12-11-13-40(68-9)52(66)30-39(72-46(63)31-52)33(3)48-51(41,5)74-48;1-7-53(6)28-34-27-32-9-8-16-50-45(32)55(34)20-14-39(58)54-18-12-33(13-19-54)49-17-22-66-24-23-65-21-15-38(57)52-40(29(2)3)36(56)26-31(5)46(62)51-35-11-10-30(4)25-37(35)67-48-43(61)41(59)42(60)44(68-48)47(63)64/h11-13,27-28,33-34,36,39-41,48,66H,10,14-26,29-31H2,1-9H3,(H,61,62);8-11,16,25,27,29,31,33,40-44,48-49,59-61H,7,12-15,17-24,26,28H2,1-6H3,(H,51,62)(H,52,57)(H,63,64)/b13-11+,32-12+;/t33-,34+,39+,40-,41+,48?,51+,52-;31-,40+,41+,42+,43-,44+,48-/m11/s1. The molecule has 6 aliphatic heterocycles. The number of rotatable bonds is 45. The zero-order valence-electron chi connectivity index (χ0n) is 84.2. The van der Waals surface area contributed by atoms with Crippen LogP contribution in [0.25, 0.3) is 11.0 Å². The fraction of sp³-hybridized carbons (Fsp3) is 0.650. The first kappa shape index (κ1) is 115. The van der Waals surface area contributed by atoms with Gasteiger partial charge in [0.2, 0.25) is 41.7 Å². The number of fused-ring (bicyclic) bond motifs is 6. The van der Waals surface area contributed by atoms with E-state index in [0.717, 1.165) is 53.8 Å².